The van der Waals surface area contributed by atoms with E-state index in [0.717, 1.165) is 58.2 Å². The van der Waals surface area contributed by atoms with Crippen LogP contribution in [0.15, 0.2) is 48.5 Å². The van der Waals surface area contributed by atoms with E-state index in [2.05, 4.69) is 41.7 Å². The first-order chi connectivity index (χ1) is 21.5. The van der Waals surface area contributed by atoms with Crippen molar-refractivity contribution in [3.63, 3.8) is 0 Å². The lowest BCUT2D eigenvalue weighted by molar-refractivity contribution is -0.116. The topological polar surface area (TPSA) is 134 Å². The molecule has 12 heteroatoms. The Morgan fingerprint density at radius 3 is 1.59 bits per heavy atom. The van der Waals surface area contributed by atoms with Gasteiger partial charge < -0.3 is 21.3 Å². The van der Waals surface area contributed by atoms with Gasteiger partial charge in [-0.2, -0.15) is 0 Å². The van der Waals surface area contributed by atoms with Crippen LogP contribution in [0, 0.1) is 0 Å². The Morgan fingerprint density at radius 1 is 0.659 bits per heavy atom. The zero-order valence-electron chi connectivity index (χ0n) is 24.4. The van der Waals surface area contributed by atoms with Crippen LogP contribution >= 0.6 is 22.7 Å². The third-order valence-corrected chi connectivity index (χ3v) is 10.2. The van der Waals surface area contributed by atoms with Gasteiger partial charge in [0.15, 0.2) is 0 Å². The van der Waals surface area contributed by atoms with Crippen LogP contribution in [0.3, 0.4) is 0 Å². The fourth-order valence-corrected chi connectivity index (χ4v) is 7.52. The molecule has 7 rings (SSSR count). The van der Waals surface area contributed by atoms with E-state index in [4.69, 9.17) is 0 Å². The number of amides is 2. The molecule has 2 heterocycles. The summed E-state index contributed by atoms with van der Waals surface area (Å²) in [7, 11) is 0. The molecule has 0 radical (unpaired) electrons. The molecule has 3 aliphatic carbocycles. The second-order valence-electron chi connectivity index (χ2n) is 12.1. The molecule has 3 fully saturated rings. The number of nitrogens with one attached hydrogen (secondary N) is 4. The van der Waals surface area contributed by atoms with E-state index in [1.54, 1.807) is 0 Å². The second kappa shape index (κ2) is 13.0. The van der Waals surface area contributed by atoms with Gasteiger partial charge in [-0.15, -0.1) is 20.4 Å². The molecule has 4 aromatic rings. The summed E-state index contributed by atoms with van der Waals surface area (Å²) in [6.45, 7) is 0. The Balaban J connectivity index is 0.905. The molecule has 0 aliphatic heterocycles. The van der Waals surface area contributed by atoms with Crippen molar-refractivity contribution >= 4 is 56.1 Å². The van der Waals surface area contributed by atoms with Crippen molar-refractivity contribution in [1.82, 2.24) is 20.4 Å². The maximum absolute atomic E-state index is 12.7. The molecule has 3 aliphatic rings. The van der Waals surface area contributed by atoms with Crippen LogP contribution in [-0.2, 0) is 22.4 Å². The number of rotatable bonds is 12. The van der Waals surface area contributed by atoms with Crippen LogP contribution in [0.25, 0.3) is 0 Å². The van der Waals surface area contributed by atoms with Gasteiger partial charge in [0.1, 0.15) is 10.0 Å². The minimum atomic E-state index is -0.0936. The average molecular weight is 629 g/mol. The first kappa shape index (κ1) is 28.8. The zero-order chi connectivity index (χ0) is 29.9. The van der Waals surface area contributed by atoms with Gasteiger partial charge >= 0.3 is 0 Å². The maximum Gasteiger partial charge on any atom is 0.230 e. The van der Waals surface area contributed by atoms with Gasteiger partial charge in [-0.25, -0.2) is 0 Å². The summed E-state index contributed by atoms with van der Waals surface area (Å²) in [6, 6.07) is 17.2. The van der Waals surface area contributed by atoms with E-state index < -0.39 is 0 Å². The first-order valence-corrected chi connectivity index (χ1v) is 17.1. The molecule has 2 atom stereocenters. The Hall–Kier alpha value is -3.90. The fraction of sp³-hybridized carbons (Fsp3) is 0.438. The molecule has 4 N–H and O–H groups in total. The van der Waals surface area contributed by atoms with Crippen LogP contribution in [0.4, 0.5) is 21.6 Å². The van der Waals surface area contributed by atoms with Gasteiger partial charge in [0.2, 0.25) is 22.1 Å². The lowest BCUT2D eigenvalue weighted by Crippen LogP contribution is -2.14. The van der Waals surface area contributed by atoms with Crippen molar-refractivity contribution in [2.45, 2.75) is 88.1 Å². The van der Waals surface area contributed by atoms with Crippen LogP contribution in [0.2, 0.25) is 0 Å². The minimum absolute atomic E-state index is 0.0936. The Kier molecular flexibility index (Phi) is 8.52. The van der Waals surface area contributed by atoms with Crippen molar-refractivity contribution in [3.8, 4) is 0 Å². The van der Waals surface area contributed by atoms with Crippen molar-refractivity contribution in [2.75, 3.05) is 21.3 Å². The smallest absolute Gasteiger partial charge is 0.230 e. The van der Waals surface area contributed by atoms with Crippen molar-refractivity contribution < 1.29 is 9.59 Å². The number of nitrogens with zero attached hydrogens (tertiary/aromatic N) is 4. The predicted octanol–water partition coefficient (Wildman–Crippen LogP) is 6.34. The van der Waals surface area contributed by atoms with Crippen LogP contribution in [-0.4, -0.2) is 44.3 Å². The van der Waals surface area contributed by atoms with Crippen LogP contribution < -0.4 is 21.3 Å². The van der Waals surface area contributed by atoms with Gasteiger partial charge in [-0.05, 0) is 80.3 Å². The number of carbonyl (C=O) groups is 2. The van der Waals surface area contributed by atoms with Crippen LogP contribution in [0.5, 0.6) is 0 Å². The van der Waals surface area contributed by atoms with Gasteiger partial charge in [0, 0.05) is 35.3 Å². The highest BCUT2D eigenvalue weighted by atomic mass is 32.1. The standard InChI is InChI=1S/C32H36N8O2S2/c41-27(16-19-4-1-8-25(14-19)33-23-10-11-23)35-31-39-37-29(43-31)21-6-3-7-22(18-21)30-38-40-32(44-30)36-28(42)17-20-5-2-9-26(15-20)34-24-12-13-24/h1-2,4-5,8-9,14-15,21-24,33-34H,3,6-7,10-13,16-18H2,(H,35,39,41)(H,36,40,42)/t21-,22-/m0/s1. The third-order valence-electron chi connectivity index (χ3n) is 8.23. The highest BCUT2D eigenvalue weighted by Crippen LogP contribution is 2.43. The average Bonchev–Trinajstić information content (AvgIpc) is 3.91. The molecule has 0 saturated heterocycles. The van der Waals surface area contributed by atoms with E-state index in [-0.39, 0.29) is 23.7 Å². The summed E-state index contributed by atoms with van der Waals surface area (Å²) in [5, 5.41) is 33.2. The summed E-state index contributed by atoms with van der Waals surface area (Å²) < 4.78 is 0. The molecule has 2 amide bonds. The normalized spacial score (nSPS) is 19.7. The molecule has 10 nitrogen and oxygen atoms in total. The highest BCUT2D eigenvalue weighted by molar-refractivity contribution is 7.15. The summed E-state index contributed by atoms with van der Waals surface area (Å²) in [4.78, 5) is 25.5. The molecular weight excluding hydrogens is 593 g/mol. The third kappa shape index (κ3) is 7.78. The van der Waals surface area contributed by atoms with Gasteiger partial charge in [-0.1, -0.05) is 53.4 Å². The van der Waals surface area contributed by atoms with Crippen molar-refractivity contribution in [1.29, 1.82) is 0 Å². The number of hydrogen-bond acceptors (Lipinski definition) is 10. The lowest BCUT2D eigenvalue weighted by atomic mass is 9.82. The number of benzene rings is 2. The summed E-state index contributed by atoms with van der Waals surface area (Å²) in [5.41, 5.74) is 4.07. The van der Waals surface area contributed by atoms with E-state index in [0.29, 0.717) is 35.2 Å². The van der Waals surface area contributed by atoms with E-state index >= 15 is 0 Å². The van der Waals surface area contributed by atoms with Gasteiger partial charge in [0.05, 0.1) is 12.8 Å². The summed E-state index contributed by atoms with van der Waals surface area (Å²) >= 11 is 2.91. The minimum Gasteiger partial charge on any atom is -0.382 e. The first-order valence-electron chi connectivity index (χ1n) is 15.5. The van der Waals surface area contributed by atoms with Crippen molar-refractivity contribution in [3.05, 3.63) is 69.7 Å². The Bertz CT molecular complexity index is 1510. The molecule has 0 spiro atoms. The maximum atomic E-state index is 12.7. The Labute approximate surface area is 264 Å². The van der Waals surface area contributed by atoms with Crippen molar-refractivity contribution in [2.24, 2.45) is 0 Å². The van der Waals surface area contributed by atoms with Gasteiger partial charge in [-0.3, -0.25) is 9.59 Å². The highest BCUT2D eigenvalue weighted by Gasteiger charge is 2.30. The molecule has 0 unspecified atom stereocenters. The van der Waals surface area contributed by atoms with E-state index in [9.17, 15) is 9.59 Å². The number of hydrogen-bond donors (Lipinski definition) is 4. The SMILES string of the molecule is O=C(Cc1cccc(NC2CC2)c1)Nc1nnc([C@H]2CCC[C@H](c3nnc(NC(=O)Cc4cccc(NC5CC5)c4)s3)C2)s1. The molecule has 3 saturated carbocycles. The monoisotopic (exact) mass is 628 g/mol. The van der Waals surface area contributed by atoms with E-state index in [1.807, 2.05) is 48.5 Å². The molecule has 44 heavy (non-hydrogen) atoms. The number of aromatic nitrogens is 4. The van der Waals surface area contributed by atoms with Crippen LogP contribution in [0.1, 0.15) is 84.3 Å². The zero-order valence-corrected chi connectivity index (χ0v) is 26.1. The molecular formula is C32H36N8O2S2. The van der Waals surface area contributed by atoms with Gasteiger partial charge in [0.25, 0.3) is 0 Å². The second-order valence-corrected chi connectivity index (χ2v) is 14.2. The summed E-state index contributed by atoms with van der Waals surface area (Å²) in [6.07, 6.45) is 9.41. The number of carbonyl (C=O) groups excluding carboxylic acids is 2. The molecule has 2 aromatic heterocycles. The molecule has 0 bridgehead atoms. The largest absolute Gasteiger partial charge is 0.382 e. The van der Waals surface area contributed by atoms with E-state index in [1.165, 1.54) is 48.4 Å². The summed E-state index contributed by atoms with van der Waals surface area (Å²) in [5.74, 6) is 0.314. The fourth-order valence-electron chi connectivity index (χ4n) is 5.71. The Morgan fingerprint density at radius 2 is 1.14 bits per heavy atom. The lowest BCUT2D eigenvalue weighted by Gasteiger charge is -2.25. The number of anilines is 4. The molecule has 2 aromatic carbocycles. The molecule has 228 valence electrons. The quantitative estimate of drug-likeness (QED) is 0.143. The predicted molar refractivity (Wildman–Crippen MR) is 175 cm³/mol.